The third-order valence-corrected chi connectivity index (χ3v) is 0. The van der Waals surface area contributed by atoms with Crippen molar-refractivity contribution in [2.75, 3.05) is 0 Å². The molecule has 0 rings (SSSR count). The summed E-state index contributed by atoms with van der Waals surface area (Å²) in [6.45, 7) is 1.32. The molecule has 0 saturated heterocycles. The van der Waals surface area contributed by atoms with E-state index in [0.717, 1.165) is 0 Å². The molecule has 0 spiro atoms. The molecule has 0 aliphatic carbocycles. The number of carbonyl (C=O) groups excluding carboxylic acids is 1. The fourth-order valence-electron chi connectivity index (χ4n) is 0. The molecule has 0 amide bonds. The fraction of sp³-hybridized carbons (Fsp3) is 0.500. The molecule has 0 bridgehead atoms. The van der Waals surface area contributed by atoms with E-state index in [-0.39, 0.29) is 17.1 Å². The number of rotatable bonds is 0. The molecule has 0 radical (unpaired) electrons. The molecule has 0 aliphatic heterocycles. The topological polar surface area (TPSA) is 17.1 Å². The van der Waals surface area contributed by atoms with E-state index in [4.69, 9.17) is 4.79 Å². The Morgan fingerprint density at radius 1 is 1.75 bits per heavy atom. The number of hydrogen-bond acceptors (Lipinski definition) is 1. The summed E-state index contributed by atoms with van der Waals surface area (Å²) in [6.07, 6.45) is 1.50. The molecule has 28 valence electrons. The van der Waals surface area contributed by atoms with Crippen molar-refractivity contribution in [2.24, 2.45) is 0 Å². The molecule has 0 fully saturated rings. The second-order valence-corrected chi connectivity index (χ2v) is 0.204. The van der Waals surface area contributed by atoms with Gasteiger partial charge in [0.15, 0.2) is 0 Å². The summed E-state index contributed by atoms with van der Waals surface area (Å²) in [5.74, 6) is 0. The van der Waals surface area contributed by atoms with Gasteiger partial charge in [-0.15, -0.1) is 0 Å². The minimum atomic E-state index is 0. The van der Waals surface area contributed by atoms with Crippen molar-refractivity contribution in [1.29, 1.82) is 0 Å². The Kier molecular flexibility index (Phi) is 24.0. The summed E-state index contributed by atoms with van der Waals surface area (Å²) in [5.41, 5.74) is 0. The first-order valence-electron chi connectivity index (χ1n) is 0.704. The van der Waals surface area contributed by atoms with Crippen molar-refractivity contribution in [3.63, 3.8) is 0 Å². The molecular weight excluding hydrogens is 104 g/mol. The van der Waals surface area contributed by atoms with Crippen molar-refractivity contribution in [3.8, 4) is 0 Å². The molecule has 2 heteroatoms. The van der Waals surface area contributed by atoms with Gasteiger partial charge in [-0.25, -0.2) is 0 Å². The molecule has 0 aromatic carbocycles. The van der Waals surface area contributed by atoms with E-state index >= 15 is 0 Å². The summed E-state index contributed by atoms with van der Waals surface area (Å²) in [6, 6.07) is 0. The van der Waals surface area contributed by atoms with E-state index < -0.39 is 0 Å². The average molecular weight is 107 g/mol. The Morgan fingerprint density at radius 2 is 1.75 bits per heavy atom. The van der Waals surface area contributed by atoms with Crippen LogP contribution in [0.5, 0.6) is 0 Å². The Bertz CT molecular complexity index is 13.5. The minimum absolute atomic E-state index is 0. The maximum atomic E-state index is 8.68. The molecule has 0 atom stereocenters. The van der Waals surface area contributed by atoms with Crippen LogP contribution in [-0.4, -0.2) is 6.29 Å². The van der Waals surface area contributed by atoms with Gasteiger partial charge in [-0.05, 0) is 0 Å². The van der Waals surface area contributed by atoms with Crippen molar-refractivity contribution in [1.82, 2.24) is 0 Å². The molecular formula is C2H3CuO. The van der Waals surface area contributed by atoms with Crippen LogP contribution in [0.1, 0.15) is 6.92 Å². The predicted molar refractivity (Wildman–Crippen MR) is 11.4 cm³/mol. The van der Waals surface area contributed by atoms with E-state index in [0.29, 0.717) is 0 Å². The molecule has 1 nitrogen and oxygen atoms in total. The predicted octanol–water partition coefficient (Wildman–Crippen LogP) is 0.113. The molecule has 0 aromatic rings. The average Bonchev–Trinajstić information content (AvgIpc) is 0.918. The Balaban J connectivity index is 0. The first-order valence-corrected chi connectivity index (χ1v) is 0.704. The molecule has 0 heterocycles. The number of hydrogen-bond donors (Lipinski definition) is 0. The van der Waals surface area contributed by atoms with Gasteiger partial charge in [0, 0.05) is 0 Å². The second-order valence-electron chi connectivity index (χ2n) is 0.204. The molecule has 0 saturated carbocycles. The Morgan fingerprint density at radius 3 is 1.75 bits per heavy atom. The SMILES string of the molecule is C[C-]=O.[Cu+]. The van der Waals surface area contributed by atoms with Gasteiger partial charge in [0.1, 0.15) is 0 Å². The molecule has 0 N–H and O–H groups in total. The third-order valence-electron chi connectivity index (χ3n) is 0. The molecule has 4 heavy (non-hydrogen) atoms. The summed E-state index contributed by atoms with van der Waals surface area (Å²) in [5, 5.41) is 0. The summed E-state index contributed by atoms with van der Waals surface area (Å²) in [4.78, 5) is 8.68. The smallest absolute Gasteiger partial charge is 0.542 e. The van der Waals surface area contributed by atoms with Gasteiger partial charge < -0.3 is 4.79 Å². The van der Waals surface area contributed by atoms with Crippen LogP contribution in [0.2, 0.25) is 0 Å². The van der Waals surface area contributed by atoms with Crippen LogP contribution in [0, 0.1) is 0 Å². The van der Waals surface area contributed by atoms with E-state index in [1.165, 1.54) is 13.2 Å². The van der Waals surface area contributed by atoms with E-state index in [2.05, 4.69) is 0 Å². The first-order chi connectivity index (χ1) is 1.41. The van der Waals surface area contributed by atoms with Crippen LogP contribution in [0.3, 0.4) is 0 Å². The van der Waals surface area contributed by atoms with Crippen LogP contribution < -0.4 is 0 Å². The molecule has 0 aliphatic rings. The maximum absolute atomic E-state index is 8.68. The van der Waals surface area contributed by atoms with E-state index in [1.54, 1.807) is 0 Å². The van der Waals surface area contributed by atoms with Gasteiger partial charge in [0.2, 0.25) is 0 Å². The van der Waals surface area contributed by atoms with E-state index in [1.807, 2.05) is 0 Å². The van der Waals surface area contributed by atoms with Gasteiger partial charge >= 0.3 is 17.1 Å². The van der Waals surface area contributed by atoms with Gasteiger partial charge in [-0.3, -0.25) is 6.29 Å². The zero-order valence-corrected chi connectivity index (χ0v) is 3.15. The molecule has 0 unspecified atom stereocenters. The first kappa shape index (κ1) is 8.89. The van der Waals surface area contributed by atoms with Crippen molar-refractivity contribution < 1.29 is 21.9 Å². The van der Waals surface area contributed by atoms with Crippen molar-refractivity contribution in [3.05, 3.63) is 0 Å². The van der Waals surface area contributed by atoms with Crippen molar-refractivity contribution in [2.45, 2.75) is 6.92 Å². The van der Waals surface area contributed by atoms with Crippen LogP contribution in [0.25, 0.3) is 0 Å². The maximum Gasteiger partial charge on any atom is 1.00 e. The monoisotopic (exact) mass is 106 g/mol. The molecule has 0 aromatic heterocycles. The Hall–Kier alpha value is 0.189. The van der Waals surface area contributed by atoms with Crippen LogP contribution >= 0.6 is 0 Å². The fourth-order valence-corrected chi connectivity index (χ4v) is 0. The van der Waals surface area contributed by atoms with Crippen LogP contribution in [0.4, 0.5) is 0 Å². The quantitative estimate of drug-likeness (QED) is 0.317. The zero-order valence-electron chi connectivity index (χ0n) is 2.21. The van der Waals surface area contributed by atoms with Crippen LogP contribution in [0.15, 0.2) is 0 Å². The van der Waals surface area contributed by atoms with Gasteiger partial charge in [0.05, 0.1) is 0 Å². The van der Waals surface area contributed by atoms with Crippen molar-refractivity contribution >= 4 is 6.29 Å². The van der Waals surface area contributed by atoms with Gasteiger partial charge in [0.25, 0.3) is 0 Å². The minimum Gasteiger partial charge on any atom is -0.542 e. The zero-order chi connectivity index (χ0) is 2.71. The van der Waals surface area contributed by atoms with E-state index in [9.17, 15) is 0 Å². The largest absolute Gasteiger partial charge is 1.00 e. The van der Waals surface area contributed by atoms with Crippen LogP contribution in [-0.2, 0) is 21.9 Å². The second kappa shape index (κ2) is 10.8. The Labute approximate surface area is 35.9 Å². The van der Waals surface area contributed by atoms with Gasteiger partial charge in [-0.2, -0.15) is 6.92 Å². The summed E-state index contributed by atoms with van der Waals surface area (Å²) < 4.78 is 0. The van der Waals surface area contributed by atoms with Gasteiger partial charge in [-0.1, -0.05) is 0 Å². The summed E-state index contributed by atoms with van der Waals surface area (Å²) >= 11 is 0. The normalized spacial score (nSPS) is 3.25. The standard InChI is InChI=1S/C2H3O.Cu/c1-2-3;/h1H3;/q-1;+1. The third kappa shape index (κ3) is 86.3. The summed E-state index contributed by atoms with van der Waals surface area (Å²) in [7, 11) is 0.